The van der Waals surface area contributed by atoms with Crippen LogP contribution < -0.4 is 5.73 Å². The molecule has 4 heteroatoms. The number of rotatable bonds is 4. The monoisotopic (exact) mass is 297 g/mol. The van der Waals surface area contributed by atoms with Gasteiger partial charge in [0.25, 0.3) is 0 Å². The Labute approximate surface area is 124 Å². The fourth-order valence-electron chi connectivity index (χ4n) is 3.03. The lowest BCUT2D eigenvalue weighted by molar-refractivity contribution is -0.128. The summed E-state index contributed by atoms with van der Waals surface area (Å²) in [6, 6.07) is 4.47. The molecule has 110 valence electrons. The fourth-order valence-corrected chi connectivity index (χ4v) is 3.19. The van der Waals surface area contributed by atoms with Crippen molar-refractivity contribution in [3.8, 4) is 0 Å². The van der Waals surface area contributed by atoms with Gasteiger partial charge in [0.15, 0.2) is 0 Å². The lowest BCUT2D eigenvalue weighted by atomic mass is 9.74. The van der Waals surface area contributed by atoms with E-state index < -0.39 is 11.2 Å². The van der Waals surface area contributed by atoms with Gasteiger partial charge in [0.2, 0.25) is 0 Å². The quantitative estimate of drug-likeness (QED) is 0.857. The van der Waals surface area contributed by atoms with Crippen molar-refractivity contribution in [3.63, 3.8) is 0 Å². The zero-order valence-electron chi connectivity index (χ0n) is 11.6. The number of halogens is 2. The molecule has 0 atom stereocenters. The van der Waals surface area contributed by atoms with Gasteiger partial charge in [-0.25, -0.2) is 4.39 Å². The number of benzene rings is 1. The number of carbonyl (C=O) groups excluding carboxylic acids is 1. The van der Waals surface area contributed by atoms with E-state index in [1.807, 2.05) is 0 Å². The Morgan fingerprint density at radius 3 is 2.45 bits per heavy atom. The van der Waals surface area contributed by atoms with Crippen LogP contribution in [-0.2, 0) is 11.2 Å². The van der Waals surface area contributed by atoms with E-state index in [0.717, 1.165) is 38.5 Å². The van der Waals surface area contributed by atoms with E-state index >= 15 is 0 Å². The van der Waals surface area contributed by atoms with Gasteiger partial charge in [-0.3, -0.25) is 4.79 Å². The lowest BCUT2D eigenvalue weighted by Crippen LogP contribution is -2.39. The molecule has 2 rings (SSSR count). The smallest absolute Gasteiger partial charge is 0.144 e. The van der Waals surface area contributed by atoms with Crippen LogP contribution in [0, 0.1) is 11.2 Å². The van der Waals surface area contributed by atoms with Gasteiger partial charge >= 0.3 is 0 Å². The van der Waals surface area contributed by atoms with Crippen LogP contribution >= 0.6 is 11.6 Å². The third-order valence-corrected chi connectivity index (χ3v) is 4.64. The molecule has 0 spiro atoms. The minimum absolute atomic E-state index is 0.0723. The summed E-state index contributed by atoms with van der Waals surface area (Å²) in [6.07, 6.45) is 6.15. The third kappa shape index (κ3) is 3.39. The Morgan fingerprint density at radius 2 is 1.90 bits per heavy atom. The molecule has 1 aliphatic rings. The largest absolute Gasteiger partial charge is 0.329 e. The maximum atomic E-state index is 13.8. The van der Waals surface area contributed by atoms with Gasteiger partial charge in [-0.1, -0.05) is 43.4 Å². The first-order chi connectivity index (χ1) is 9.57. The average molecular weight is 298 g/mol. The first-order valence-corrected chi connectivity index (χ1v) is 7.62. The van der Waals surface area contributed by atoms with E-state index in [-0.39, 0.29) is 12.2 Å². The van der Waals surface area contributed by atoms with Gasteiger partial charge in [-0.2, -0.15) is 0 Å². The second-order valence-electron chi connectivity index (χ2n) is 5.73. The molecule has 20 heavy (non-hydrogen) atoms. The Hall–Kier alpha value is -0.930. The van der Waals surface area contributed by atoms with Gasteiger partial charge in [0, 0.05) is 23.4 Å². The van der Waals surface area contributed by atoms with Crippen molar-refractivity contribution >= 4 is 17.4 Å². The third-order valence-electron chi connectivity index (χ3n) is 4.41. The van der Waals surface area contributed by atoms with Crippen LogP contribution in [0.15, 0.2) is 18.2 Å². The first-order valence-electron chi connectivity index (χ1n) is 7.25. The van der Waals surface area contributed by atoms with Crippen molar-refractivity contribution in [2.45, 2.75) is 44.9 Å². The normalized spacial score (nSPS) is 18.6. The summed E-state index contributed by atoms with van der Waals surface area (Å²) in [5.41, 5.74) is 5.85. The molecule has 2 N–H and O–H groups in total. The van der Waals surface area contributed by atoms with Crippen LogP contribution in [0.5, 0.6) is 0 Å². The average Bonchev–Trinajstić information content (AvgIpc) is 2.68. The minimum atomic E-state index is -0.456. The predicted molar refractivity (Wildman–Crippen MR) is 79.3 cm³/mol. The maximum absolute atomic E-state index is 13.8. The molecule has 0 aliphatic heterocycles. The van der Waals surface area contributed by atoms with Crippen molar-refractivity contribution in [3.05, 3.63) is 34.6 Å². The molecular weight excluding hydrogens is 277 g/mol. The molecule has 0 aromatic heterocycles. The highest BCUT2D eigenvalue weighted by atomic mass is 35.5. The summed E-state index contributed by atoms with van der Waals surface area (Å²) in [5, 5.41) is 0.349. The highest BCUT2D eigenvalue weighted by molar-refractivity contribution is 6.30. The number of ketones is 1. The van der Waals surface area contributed by atoms with Gasteiger partial charge in [-0.05, 0) is 30.5 Å². The van der Waals surface area contributed by atoms with E-state index in [1.165, 1.54) is 6.07 Å². The molecule has 1 fully saturated rings. The van der Waals surface area contributed by atoms with Crippen molar-refractivity contribution in [2.24, 2.45) is 11.1 Å². The standard InChI is InChI=1S/C16H21ClFNO/c17-13-6-5-12(14(18)10-13)9-15(20)16(11-19)7-3-1-2-4-8-16/h5-6,10H,1-4,7-9,11,19H2. The topological polar surface area (TPSA) is 43.1 Å². The number of Topliss-reactive ketones (excluding diaryl/α,β-unsaturated/α-hetero) is 1. The van der Waals surface area contributed by atoms with Crippen molar-refractivity contribution < 1.29 is 9.18 Å². The zero-order chi connectivity index (χ0) is 14.6. The predicted octanol–water partition coefficient (Wildman–Crippen LogP) is 3.89. The molecule has 0 amide bonds. The van der Waals surface area contributed by atoms with E-state index in [4.69, 9.17) is 17.3 Å². The van der Waals surface area contributed by atoms with E-state index in [1.54, 1.807) is 12.1 Å². The van der Waals surface area contributed by atoms with E-state index in [9.17, 15) is 9.18 Å². The van der Waals surface area contributed by atoms with E-state index in [2.05, 4.69) is 0 Å². The fraction of sp³-hybridized carbons (Fsp3) is 0.562. The van der Waals surface area contributed by atoms with Crippen LogP contribution in [0.2, 0.25) is 5.02 Å². The Morgan fingerprint density at radius 1 is 1.25 bits per heavy atom. The van der Waals surface area contributed by atoms with Crippen molar-refractivity contribution in [1.82, 2.24) is 0 Å². The molecule has 0 unspecified atom stereocenters. The number of carbonyl (C=O) groups is 1. The van der Waals surface area contributed by atoms with Crippen LogP contribution in [0.1, 0.15) is 44.1 Å². The molecule has 1 aromatic rings. The molecule has 0 saturated heterocycles. The lowest BCUT2D eigenvalue weighted by Gasteiger charge is -2.29. The van der Waals surface area contributed by atoms with Crippen molar-refractivity contribution in [1.29, 1.82) is 0 Å². The van der Waals surface area contributed by atoms with Crippen LogP contribution in [0.4, 0.5) is 4.39 Å². The van der Waals surface area contributed by atoms with Crippen LogP contribution in [0.3, 0.4) is 0 Å². The summed E-state index contributed by atoms with van der Waals surface area (Å²) < 4.78 is 13.8. The number of hydrogen-bond donors (Lipinski definition) is 1. The maximum Gasteiger partial charge on any atom is 0.144 e. The second-order valence-corrected chi connectivity index (χ2v) is 6.17. The summed E-state index contributed by atoms with van der Waals surface area (Å²) in [6.45, 7) is 0.362. The second kappa shape index (κ2) is 6.68. The summed E-state index contributed by atoms with van der Waals surface area (Å²) in [4.78, 5) is 12.6. The summed E-state index contributed by atoms with van der Waals surface area (Å²) >= 11 is 5.73. The Bertz CT molecular complexity index is 481. The van der Waals surface area contributed by atoms with Crippen molar-refractivity contribution in [2.75, 3.05) is 6.54 Å². The zero-order valence-corrected chi connectivity index (χ0v) is 12.4. The Kier molecular flexibility index (Phi) is 5.17. The summed E-state index contributed by atoms with van der Waals surface area (Å²) in [5.74, 6) is -0.338. The molecule has 1 aromatic carbocycles. The molecule has 0 heterocycles. The van der Waals surface area contributed by atoms with Gasteiger partial charge < -0.3 is 5.73 Å². The molecule has 0 bridgehead atoms. The van der Waals surface area contributed by atoms with Gasteiger partial charge in [0.1, 0.15) is 11.6 Å². The van der Waals surface area contributed by atoms with Gasteiger partial charge in [-0.15, -0.1) is 0 Å². The summed E-state index contributed by atoms with van der Waals surface area (Å²) in [7, 11) is 0. The molecule has 1 aliphatic carbocycles. The van der Waals surface area contributed by atoms with Crippen LogP contribution in [-0.4, -0.2) is 12.3 Å². The van der Waals surface area contributed by atoms with Crippen LogP contribution in [0.25, 0.3) is 0 Å². The number of hydrogen-bond acceptors (Lipinski definition) is 2. The minimum Gasteiger partial charge on any atom is -0.329 e. The highest BCUT2D eigenvalue weighted by Gasteiger charge is 2.36. The van der Waals surface area contributed by atoms with E-state index in [0.29, 0.717) is 17.1 Å². The molecule has 0 radical (unpaired) electrons. The SMILES string of the molecule is NCC1(C(=O)Cc2ccc(Cl)cc2F)CCCCCC1. The molecular formula is C16H21ClFNO. The highest BCUT2D eigenvalue weighted by Crippen LogP contribution is 2.36. The molecule has 2 nitrogen and oxygen atoms in total. The van der Waals surface area contributed by atoms with Gasteiger partial charge in [0.05, 0.1) is 0 Å². The molecule has 1 saturated carbocycles. The Balaban J connectivity index is 2.16. The first kappa shape index (κ1) is 15.5. The number of nitrogens with two attached hydrogens (primary N) is 1.